The van der Waals surface area contributed by atoms with Crippen LogP contribution in [0.5, 0.6) is 17.2 Å². The molecule has 0 unspecified atom stereocenters. The first kappa shape index (κ1) is 21.8. The number of nitrogens with zero attached hydrogens (tertiary/aromatic N) is 1. The SMILES string of the molecule is COc1cc(OC)c([C@@H]2CC(=O)Nc3cccc4c3c2cn4Cc2cccc(F)c2)cc1OC. The second-order valence-corrected chi connectivity index (χ2v) is 8.30. The van der Waals surface area contributed by atoms with Gasteiger partial charge in [0.05, 0.1) is 32.5 Å². The van der Waals surface area contributed by atoms with Crippen molar-refractivity contribution in [1.29, 1.82) is 0 Å². The van der Waals surface area contributed by atoms with E-state index < -0.39 is 0 Å². The van der Waals surface area contributed by atoms with Crippen LogP contribution in [0.4, 0.5) is 10.1 Å². The van der Waals surface area contributed by atoms with Crippen molar-refractivity contribution >= 4 is 22.5 Å². The summed E-state index contributed by atoms with van der Waals surface area (Å²) in [5.41, 5.74) is 4.40. The van der Waals surface area contributed by atoms with E-state index in [9.17, 15) is 9.18 Å². The third-order valence-electron chi connectivity index (χ3n) is 6.33. The number of rotatable bonds is 6. The summed E-state index contributed by atoms with van der Waals surface area (Å²) >= 11 is 0. The second-order valence-electron chi connectivity index (χ2n) is 8.30. The van der Waals surface area contributed by atoms with Gasteiger partial charge in [-0.1, -0.05) is 18.2 Å². The molecule has 0 saturated carbocycles. The van der Waals surface area contributed by atoms with Crippen molar-refractivity contribution in [3.8, 4) is 17.2 Å². The van der Waals surface area contributed by atoms with E-state index in [1.54, 1.807) is 33.5 Å². The van der Waals surface area contributed by atoms with E-state index in [1.165, 1.54) is 12.1 Å². The Hall–Kier alpha value is -4.00. The van der Waals surface area contributed by atoms with Crippen LogP contribution >= 0.6 is 0 Å². The zero-order valence-corrected chi connectivity index (χ0v) is 19.2. The Morgan fingerprint density at radius 3 is 2.41 bits per heavy atom. The second kappa shape index (κ2) is 8.74. The normalized spacial score (nSPS) is 15.1. The lowest BCUT2D eigenvalue weighted by atomic mass is 9.87. The third-order valence-corrected chi connectivity index (χ3v) is 6.33. The standard InChI is InChI=1S/C27H25FN2O4/c1-32-23-13-25(34-3)24(33-2)11-19(23)18-12-26(31)29-21-8-5-9-22-27(21)20(18)15-30(22)14-16-6-4-7-17(28)10-16/h4-11,13,15,18H,12,14H2,1-3H3,(H,29,31)/t18-/m0/s1. The van der Waals surface area contributed by atoms with Gasteiger partial charge < -0.3 is 24.1 Å². The molecule has 0 aliphatic carbocycles. The molecule has 0 saturated heterocycles. The predicted molar refractivity (Wildman–Crippen MR) is 129 cm³/mol. The van der Waals surface area contributed by atoms with E-state index in [1.807, 2.05) is 30.3 Å². The van der Waals surface area contributed by atoms with Crippen LogP contribution in [0.3, 0.4) is 0 Å². The van der Waals surface area contributed by atoms with Crippen molar-refractivity contribution < 1.29 is 23.4 Å². The van der Waals surface area contributed by atoms with Crippen LogP contribution in [0, 0.1) is 5.82 Å². The minimum absolute atomic E-state index is 0.0813. The maximum atomic E-state index is 13.8. The third kappa shape index (κ3) is 3.73. The molecule has 1 amide bonds. The minimum atomic E-state index is -0.283. The number of amides is 1. The fourth-order valence-corrected chi connectivity index (χ4v) is 4.82. The van der Waals surface area contributed by atoms with E-state index in [2.05, 4.69) is 16.1 Å². The van der Waals surface area contributed by atoms with Crippen molar-refractivity contribution in [2.45, 2.75) is 18.9 Å². The summed E-state index contributed by atoms with van der Waals surface area (Å²) in [6, 6.07) is 16.1. The largest absolute Gasteiger partial charge is 0.496 e. The number of carbonyl (C=O) groups excluding carboxylic acids is 1. The van der Waals surface area contributed by atoms with Crippen molar-refractivity contribution in [3.05, 3.63) is 83.3 Å². The van der Waals surface area contributed by atoms with Crippen LogP contribution < -0.4 is 19.5 Å². The van der Waals surface area contributed by atoms with Crippen molar-refractivity contribution in [2.75, 3.05) is 26.6 Å². The molecule has 174 valence electrons. The van der Waals surface area contributed by atoms with Crippen molar-refractivity contribution in [2.24, 2.45) is 0 Å². The van der Waals surface area contributed by atoms with Crippen LogP contribution in [-0.4, -0.2) is 31.8 Å². The van der Waals surface area contributed by atoms with Gasteiger partial charge in [0.15, 0.2) is 11.5 Å². The average molecular weight is 461 g/mol. The van der Waals surface area contributed by atoms with Gasteiger partial charge >= 0.3 is 0 Å². The Labute approximate surface area is 196 Å². The Morgan fingerprint density at radius 2 is 1.68 bits per heavy atom. The molecule has 2 heterocycles. The quantitative estimate of drug-likeness (QED) is 0.423. The van der Waals surface area contributed by atoms with Crippen LogP contribution in [0.25, 0.3) is 10.9 Å². The molecule has 0 radical (unpaired) electrons. The van der Waals surface area contributed by atoms with Gasteiger partial charge in [-0.3, -0.25) is 4.79 Å². The number of nitrogens with one attached hydrogen (secondary N) is 1. The van der Waals surface area contributed by atoms with E-state index in [4.69, 9.17) is 14.2 Å². The molecule has 1 aliphatic heterocycles. The highest BCUT2D eigenvalue weighted by molar-refractivity contribution is 6.06. The van der Waals surface area contributed by atoms with Gasteiger partial charge in [-0.05, 0) is 41.5 Å². The van der Waals surface area contributed by atoms with Crippen LogP contribution in [0.2, 0.25) is 0 Å². The monoisotopic (exact) mass is 460 g/mol. The van der Waals surface area contributed by atoms with Crippen LogP contribution in [0.1, 0.15) is 29.0 Å². The molecule has 1 atom stereocenters. The lowest BCUT2D eigenvalue weighted by Gasteiger charge is -2.20. The average Bonchev–Trinajstić information content (AvgIpc) is 3.13. The number of aromatic nitrogens is 1. The van der Waals surface area contributed by atoms with E-state index >= 15 is 0 Å². The summed E-state index contributed by atoms with van der Waals surface area (Å²) in [5.74, 6) is 1.09. The van der Waals surface area contributed by atoms with Gasteiger partial charge in [0.2, 0.25) is 5.91 Å². The Balaban J connectivity index is 1.71. The lowest BCUT2D eigenvalue weighted by Crippen LogP contribution is -2.14. The van der Waals surface area contributed by atoms with Gasteiger partial charge in [0, 0.05) is 42.1 Å². The summed E-state index contributed by atoms with van der Waals surface area (Å²) in [7, 11) is 4.75. The maximum Gasteiger partial charge on any atom is 0.225 e. The van der Waals surface area contributed by atoms with Gasteiger partial charge in [0.25, 0.3) is 0 Å². The molecule has 0 spiro atoms. The zero-order chi connectivity index (χ0) is 23.8. The molecule has 34 heavy (non-hydrogen) atoms. The molecule has 1 aliphatic rings. The van der Waals surface area contributed by atoms with Crippen LogP contribution in [-0.2, 0) is 11.3 Å². The molecular weight excluding hydrogens is 435 g/mol. The number of hydrogen-bond donors (Lipinski definition) is 1. The number of benzene rings is 3. The fourth-order valence-electron chi connectivity index (χ4n) is 4.82. The van der Waals surface area contributed by atoms with Gasteiger partial charge in [0.1, 0.15) is 11.6 Å². The molecule has 6 nitrogen and oxygen atoms in total. The first-order valence-electron chi connectivity index (χ1n) is 11.0. The summed E-state index contributed by atoms with van der Waals surface area (Å²) in [6.07, 6.45) is 2.29. The number of anilines is 1. The first-order chi connectivity index (χ1) is 16.5. The molecule has 1 N–H and O–H groups in total. The Kier molecular flexibility index (Phi) is 5.61. The van der Waals surface area contributed by atoms with Gasteiger partial charge in [-0.2, -0.15) is 0 Å². The number of carbonyl (C=O) groups is 1. The van der Waals surface area contributed by atoms with Gasteiger partial charge in [-0.25, -0.2) is 4.39 Å². The van der Waals surface area contributed by atoms with E-state index in [0.717, 1.165) is 33.3 Å². The number of halogens is 1. The molecule has 0 bridgehead atoms. The van der Waals surface area contributed by atoms with Gasteiger partial charge in [-0.15, -0.1) is 0 Å². The number of hydrogen-bond acceptors (Lipinski definition) is 4. The van der Waals surface area contributed by atoms with E-state index in [-0.39, 0.29) is 24.1 Å². The summed E-state index contributed by atoms with van der Waals surface area (Å²) < 4.78 is 32.6. The van der Waals surface area contributed by atoms with Crippen molar-refractivity contribution in [3.63, 3.8) is 0 Å². The number of ether oxygens (including phenoxy) is 3. The topological polar surface area (TPSA) is 61.7 Å². The lowest BCUT2D eigenvalue weighted by molar-refractivity contribution is -0.116. The molecular formula is C27H25FN2O4. The molecule has 5 rings (SSSR count). The Bertz CT molecular complexity index is 1400. The predicted octanol–water partition coefficient (Wildman–Crippen LogP) is 5.33. The fraction of sp³-hybridized carbons (Fsp3) is 0.222. The molecule has 0 fully saturated rings. The molecule has 1 aromatic heterocycles. The molecule has 3 aromatic carbocycles. The van der Waals surface area contributed by atoms with E-state index in [0.29, 0.717) is 23.8 Å². The highest BCUT2D eigenvalue weighted by atomic mass is 19.1. The van der Waals surface area contributed by atoms with Crippen molar-refractivity contribution in [1.82, 2.24) is 4.57 Å². The maximum absolute atomic E-state index is 13.8. The summed E-state index contributed by atoms with van der Waals surface area (Å²) in [4.78, 5) is 12.9. The smallest absolute Gasteiger partial charge is 0.225 e. The molecule has 7 heteroatoms. The highest BCUT2D eigenvalue weighted by Gasteiger charge is 2.31. The number of methoxy groups -OCH3 is 3. The molecule has 4 aromatic rings. The highest BCUT2D eigenvalue weighted by Crippen LogP contribution is 2.46. The first-order valence-corrected chi connectivity index (χ1v) is 11.0. The Morgan fingerprint density at radius 1 is 0.941 bits per heavy atom. The summed E-state index contributed by atoms with van der Waals surface area (Å²) in [5, 5.41) is 4.02. The minimum Gasteiger partial charge on any atom is -0.496 e. The van der Waals surface area contributed by atoms with Crippen LogP contribution in [0.15, 0.2) is 60.8 Å². The zero-order valence-electron chi connectivity index (χ0n) is 19.2. The summed E-state index contributed by atoms with van der Waals surface area (Å²) in [6.45, 7) is 0.501.